The Bertz CT molecular complexity index is 1170. The number of methoxy groups -OCH3 is 2. The van der Waals surface area contributed by atoms with Crippen LogP contribution in [0, 0.1) is 6.92 Å². The molecule has 37 heavy (non-hydrogen) atoms. The molecule has 0 saturated carbocycles. The van der Waals surface area contributed by atoms with Gasteiger partial charge in [-0.25, -0.2) is 0 Å². The summed E-state index contributed by atoms with van der Waals surface area (Å²) in [4.78, 5) is 30.1. The Morgan fingerprint density at radius 2 is 1.89 bits per heavy atom. The van der Waals surface area contributed by atoms with Crippen molar-refractivity contribution < 1.29 is 32.6 Å². The van der Waals surface area contributed by atoms with Crippen molar-refractivity contribution in [1.82, 2.24) is 9.80 Å². The van der Waals surface area contributed by atoms with E-state index >= 15 is 0 Å². The lowest BCUT2D eigenvalue weighted by Crippen LogP contribution is -2.45. The van der Waals surface area contributed by atoms with Crippen molar-refractivity contribution >= 4 is 11.8 Å². The molecule has 2 aromatic heterocycles. The Morgan fingerprint density at radius 3 is 2.54 bits per heavy atom. The van der Waals surface area contributed by atoms with Gasteiger partial charge in [-0.1, -0.05) is 6.07 Å². The van der Waals surface area contributed by atoms with E-state index in [1.165, 1.54) is 11.2 Å². The minimum Gasteiger partial charge on any atom is -0.493 e. The van der Waals surface area contributed by atoms with Crippen LogP contribution in [0.3, 0.4) is 0 Å². The van der Waals surface area contributed by atoms with E-state index in [1.54, 1.807) is 31.3 Å². The first-order chi connectivity index (χ1) is 18.0. The third-order valence-corrected chi connectivity index (χ3v) is 6.41. The highest BCUT2D eigenvalue weighted by molar-refractivity contribution is 5.94. The molecule has 0 radical (unpaired) electrons. The van der Waals surface area contributed by atoms with E-state index in [2.05, 4.69) is 0 Å². The van der Waals surface area contributed by atoms with Crippen LogP contribution >= 0.6 is 0 Å². The van der Waals surface area contributed by atoms with Crippen LogP contribution in [0.25, 0.3) is 0 Å². The Labute approximate surface area is 216 Å². The van der Waals surface area contributed by atoms with Crippen LogP contribution in [0.1, 0.15) is 40.5 Å². The Morgan fingerprint density at radius 1 is 1.05 bits per heavy atom. The molecule has 0 spiro atoms. The molecule has 198 valence electrons. The van der Waals surface area contributed by atoms with E-state index in [4.69, 9.17) is 23.0 Å². The second kappa shape index (κ2) is 12.5. The number of benzene rings is 1. The number of rotatable bonds is 12. The fraction of sp³-hybridized carbons (Fsp3) is 0.429. The lowest BCUT2D eigenvalue weighted by molar-refractivity contribution is -0.133. The summed E-state index contributed by atoms with van der Waals surface area (Å²) in [5, 5.41) is 0. The third-order valence-electron chi connectivity index (χ3n) is 6.41. The number of furan rings is 2. The summed E-state index contributed by atoms with van der Waals surface area (Å²) in [5.41, 5.74) is 0.994. The molecule has 1 atom stereocenters. The number of amides is 2. The maximum absolute atomic E-state index is 13.6. The monoisotopic (exact) mass is 510 g/mol. The highest BCUT2D eigenvalue weighted by Crippen LogP contribution is 2.28. The lowest BCUT2D eigenvalue weighted by Gasteiger charge is -2.28. The number of carbonyl (C=O) groups is 2. The van der Waals surface area contributed by atoms with Crippen LogP contribution < -0.4 is 9.47 Å². The lowest BCUT2D eigenvalue weighted by atomic mass is 10.1. The second-order valence-corrected chi connectivity index (χ2v) is 9.06. The molecule has 9 nitrogen and oxygen atoms in total. The number of hydrogen-bond acceptors (Lipinski definition) is 7. The molecule has 0 bridgehead atoms. The van der Waals surface area contributed by atoms with Gasteiger partial charge in [0.25, 0.3) is 5.91 Å². The second-order valence-electron chi connectivity index (χ2n) is 9.06. The number of carbonyl (C=O) groups excluding carboxylic acids is 2. The highest BCUT2D eigenvalue weighted by Gasteiger charge is 2.28. The number of nitrogens with zero attached hydrogens (tertiary/aromatic N) is 2. The fourth-order valence-corrected chi connectivity index (χ4v) is 4.42. The van der Waals surface area contributed by atoms with Crippen molar-refractivity contribution in [2.75, 3.05) is 40.5 Å². The molecule has 2 amide bonds. The van der Waals surface area contributed by atoms with Crippen LogP contribution in [-0.2, 0) is 22.5 Å². The van der Waals surface area contributed by atoms with Crippen LogP contribution in [0.15, 0.2) is 57.6 Å². The minimum absolute atomic E-state index is 0.0922. The normalized spacial score (nSPS) is 14.9. The van der Waals surface area contributed by atoms with Gasteiger partial charge >= 0.3 is 0 Å². The van der Waals surface area contributed by atoms with E-state index in [9.17, 15) is 9.59 Å². The van der Waals surface area contributed by atoms with Gasteiger partial charge in [-0.15, -0.1) is 0 Å². The average molecular weight is 511 g/mol. The van der Waals surface area contributed by atoms with Gasteiger partial charge in [0, 0.05) is 19.7 Å². The predicted octanol–water partition coefficient (Wildman–Crippen LogP) is 4.09. The number of aryl methyl sites for hydroxylation is 1. The first-order valence-electron chi connectivity index (χ1n) is 12.4. The molecule has 1 aromatic carbocycles. The Balaban J connectivity index is 1.51. The van der Waals surface area contributed by atoms with Gasteiger partial charge in [0.15, 0.2) is 17.3 Å². The maximum Gasteiger partial charge on any atom is 0.290 e. The summed E-state index contributed by atoms with van der Waals surface area (Å²) in [6, 6.07) is 12.7. The molecule has 1 aliphatic heterocycles. The van der Waals surface area contributed by atoms with Crippen molar-refractivity contribution in [3.8, 4) is 11.5 Å². The topological polar surface area (TPSA) is 94.6 Å². The first kappa shape index (κ1) is 26.3. The smallest absolute Gasteiger partial charge is 0.290 e. The van der Waals surface area contributed by atoms with E-state index in [1.807, 2.05) is 37.3 Å². The van der Waals surface area contributed by atoms with Gasteiger partial charge < -0.3 is 32.8 Å². The quantitative estimate of drug-likeness (QED) is 0.362. The summed E-state index contributed by atoms with van der Waals surface area (Å²) in [5.74, 6) is 2.41. The van der Waals surface area contributed by atoms with Crippen molar-refractivity contribution in [3.05, 3.63) is 71.6 Å². The molecule has 1 fully saturated rings. The largest absolute Gasteiger partial charge is 0.493 e. The Hall–Kier alpha value is -3.72. The summed E-state index contributed by atoms with van der Waals surface area (Å²) in [7, 11) is 3.19. The zero-order valence-electron chi connectivity index (χ0n) is 21.6. The third kappa shape index (κ3) is 6.95. The zero-order chi connectivity index (χ0) is 26.2. The summed E-state index contributed by atoms with van der Waals surface area (Å²) >= 11 is 0. The molecule has 1 aliphatic rings. The van der Waals surface area contributed by atoms with E-state index in [0.717, 1.165) is 24.2 Å². The number of hydrogen-bond donors (Lipinski definition) is 0. The molecule has 9 heteroatoms. The zero-order valence-corrected chi connectivity index (χ0v) is 21.6. The van der Waals surface area contributed by atoms with Gasteiger partial charge in [-0.2, -0.15) is 0 Å². The molecular formula is C28H34N2O7. The van der Waals surface area contributed by atoms with Crippen molar-refractivity contribution in [2.24, 2.45) is 0 Å². The minimum atomic E-state index is -0.331. The van der Waals surface area contributed by atoms with Crippen molar-refractivity contribution in [3.63, 3.8) is 0 Å². The van der Waals surface area contributed by atoms with Gasteiger partial charge in [0.05, 0.1) is 33.1 Å². The van der Waals surface area contributed by atoms with Gasteiger partial charge in [-0.05, 0) is 68.1 Å². The van der Waals surface area contributed by atoms with Gasteiger partial charge in [0.1, 0.15) is 18.1 Å². The van der Waals surface area contributed by atoms with E-state index in [-0.39, 0.29) is 30.2 Å². The molecule has 4 rings (SSSR count). The number of ether oxygens (including phenoxy) is 3. The fourth-order valence-electron chi connectivity index (χ4n) is 4.42. The van der Waals surface area contributed by atoms with Crippen molar-refractivity contribution in [1.29, 1.82) is 0 Å². The summed E-state index contributed by atoms with van der Waals surface area (Å²) < 4.78 is 27.6. The molecule has 3 aromatic rings. The standard InChI is InChI=1S/C28H34N2O7/c1-20-8-10-23(37-20)18-29(13-12-21-9-11-24(33-2)26(16-21)34-3)27(31)19-30(17-22-6-4-14-35-22)28(32)25-7-5-15-36-25/h5,7-11,15-16,22H,4,6,12-14,17-19H2,1-3H3/t22-/m1/s1. The molecular weight excluding hydrogens is 476 g/mol. The van der Waals surface area contributed by atoms with Crippen LogP contribution in [0.5, 0.6) is 11.5 Å². The Kier molecular flexibility index (Phi) is 8.90. The average Bonchev–Trinajstić information content (AvgIpc) is 3.69. The van der Waals surface area contributed by atoms with Crippen molar-refractivity contribution in [2.45, 2.75) is 38.8 Å². The van der Waals surface area contributed by atoms with Gasteiger partial charge in [0.2, 0.25) is 5.91 Å². The van der Waals surface area contributed by atoms with E-state index < -0.39 is 0 Å². The predicted molar refractivity (Wildman–Crippen MR) is 136 cm³/mol. The summed E-state index contributed by atoms with van der Waals surface area (Å²) in [6.45, 7) is 3.49. The van der Waals surface area contributed by atoms with Crippen LogP contribution in [0.4, 0.5) is 0 Å². The molecule has 0 unspecified atom stereocenters. The maximum atomic E-state index is 13.6. The SMILES string of the molecule is COc1ccc(CCN(Cc2ccc(C)o2)C(=O)CN(C[C@H]2CCCO2)C(=O)c2ccco2)cc1OC. The molecule has 0 N–H and O–H groups in total. The van der Waals surface area contributed by atoms with Gasteiger partial charge in [-0.3, -0.25) is 9.59 Å². The molecule has 0 aliphatic carbocycles. The molecule has 1 saturated heterocycles. The highest BCUT2D eigenvalue weighted by atomic mass is 16.5. The van der Waals surface area contributed by atoms with Crippen LogP contribution in [0.2, 0.25) is 0 Å². The first-order valence-corrected chi connectivity index (χ1v) is 12.4. The summed E-state index contributed by atoms with van der Waals surface area (Å²) in [6.07, 6.45) is 3.73. The molecule has 3 heterocycles. The van der Waals surface area contributed by atoms with Crippen LogP contribution in [-0.4, -0.2) is 68.2 Å². The van der Waals surface area contributed by atoms with E-state index in [0.29, 0.717) is 49.9 Å².